The molecule has 1 fully saturated rings. The Morgan fingerprint density at radius 2 is 1.85 bits per heavy atom. The van der Waals surface area contributed by atoms with Gasteiger partial charge in [-0.3, -0.25) is 0 Å². The van der Waals surface area contributed by atoms with Gasteiger partial charge in [-0.1, -0.05) is 0 Å². The van der Waals surface area contributed by atoms with Gasteiger partial charge in [-0.2, -0.15) is 0 Å². The summed E-state index contributed by atoms with van der Waals surface area (Å²) in [6.45, 7) is 19.7. The minimum absolute atomic E-state index is 0.614. The fourth-order valence-electron chi connectivity index (χ4n) is 1.73. The second-order valence-corrected chi connectivity index (χ2v) is 5.45. The van der Waals surface area contributed by atoms with Crippen LogP contribution in [-0.4, -0.2) is 31.7 Å². The molecular weight excluding hydrogens is 243 g/mol. The van der Waals surface area contributed by atoms with Crippen LogP contribution in [-0.2, 0) is 0 Å². The normalized spacial score (nSPS) is 16.7. The number of aliphatic imine (C=N–C) groups is 1. The van der Waals surface area contributed by atoms with E-state index in [0.717, 1.165) is 22.4 Å². The van der Waals surface area contributed by atoms with E-state index in [4.69, 9.17) is 0 Å². The molecule has 3 heteroatoms. The van der Waals surface area contributed by atoms with Gasteiger partial charge in [0.25, 0.3) is 0 Å². The van der Waals surface area contributed by atoms with Crippen LogP contribution in [0.25, 0.3) is 0 Å². The van der Waals surface area contributed by atoms with E-state index in [1.54, 1.807) is 6.92 Å². The van der Waals surface area contributed by atoms with Crippen LogP contribution in [0.3, 0.4) is 0 Å². The molecule has 0 saturated heterocycles. The van der Waals surface area contributed by atoms with Gasteiger partial charge in [0.1, 0.15) is 0 Å². The van der Waals surface area contributed by atoms with Crippen molar-refractivity contribution < 1.29 is 0 Å². The van der Waals surface area contributed by atoms with Gasteiger partial charge in [-0.15, -0.1) is 0 Å². The van der Waals surface area contributed by atoms with E-state index in [0.29, 0.717) is 5.92 Å². The predicted octanol–water partition coefficient (Wildman–Crippen LogP) is 3.76. The summed E-state index contributed by atoms with van der Waals surface area (Å²) in [6.07, 6.45) is 6.45. The van der Waals surface area contributed by atoms with E-state index >= 15 is 0 Å². The maximum atomic E-state index is 4.44. The van der Waals surface area contributed by atoms with Crippen molar-refractivity contribution in [2.24, 2.45) is 10.9 Å². The summed E-state index contributed by atoms with van der Waals surface area (Å²) in [6, 6.07) is 0. The van der Waals surface area contributed by atoms with E-state index < -0.39 is 0 Å². The summed E-state index contributed by atoms with van der Waals surface area (Å²) in [4.78, 5) is 6.47. The summed E-state index contributed by atoms with van der Waals surface area (Å²) >= 11 is 0. The molecule has 1 aliphatic carbocycles. The molecule has 0 unspecified atom stereocenters. The molecule has 20 heavy (non-hydrogen) atoms. The van der Waals surface area contributed by atoms with Crippen molar-refractivity contribution in [3.8, 4) is 0 Å². The number of allylic oxidation sites excluding steroid dienone is 6. The molecule has 2 nitrogen and oxygen atoms in total. The Balaban J connectivity index is 2.76. The third-order valence-electron chi connectivity index (χ3n) is 3.73. The van der Waals surface area contributed by atoms with E-state index in [1.165, 1.54) is 18.4 Å². The summed E-state index contributed by atoms with van der Waals surface area (Å²) in [7, 11) is 2.01. The van der Waals surface area contributed by atoms with E-state index in [1.807, 2.05) is 25.2 Å². The standard InChI is InChI=1S/C17H25BN2/c1-12(14(3)18-6)10-13(2)16(5)20(7)11-19-15(4)17-8-9-17/h10-11,17H,3-4,6,8-9H2,1-2,5,7H3/b12-10-,16-13+,19-11-. The minimum atomic E-state index is 0.614. The van der Waals surface area contributed by atoms with Crippen LogP contribution in [0.1, 0.15) is 33.6 Å². The fourth-order valence-corrected chi connectivity index (χ4v) is 1.73. The van der Waals surface area contributed by atoms with E-state index in [-0.39, 0.29) is 0 Å². The Morgan fingerprint density at radius 3 is 2.35 bits per heavy atom. The molecule has 0 spiro atoms. The predicted molar refractivity (Wildman–Crippen MR) is 92.3 cm³/mol. The monoisotopic (exact) mass is 268 g/mol. The maximum absolute atomic E-state index is 4.44. The summed E-state index contributed by atoms with van der Waals surface area (Å²) in [5.41, 5.74) is 5.43. The zero-order valence-corrected chi connectivity index (χ0v) is 13.2. The average Bonchev–Trinajstić information content (AvgIpc) is 3.26. The Labute approximate surface area is 124 Å². The number of hydrogen-bond acceptors (Lipinski definition) is 1. The zero-order valence-electron chi connectivity index (χ0n) is 13.2. The third-order valence-corrected chi connectivity index (χ3v) is 3.73. The topological polar surface area (TPSA) is 15.6 Å². The molecule has 0 aromatic carbocycles. The van der Waals surface area contributed by atoms with Crippen LogP contribution < -0.4 is 0 Å². The molecular formula is C17H25BN2. The van der Waals surface area contributed by atoms with Crippen LogP contribution in [0.15, 0.2) is 52.2 Å². The number of rotatable bonds is 7. The molecule has 1 aliphatic rings. The van der Waals surface area contributed by atoms with Crippen LogP contribution in [0, 0.1) is 5.92 Å². The van der Waals surface area contributed by atoms with Crippen molar-refractivity contribution >= 4 is 19.7 Å². The van der Waals surface area contributed by atoms with Crippen molar-refractivity contribution in [1.82, 2.24) is 4.90 Å². The SMILES string of the molecule is C=BC(=C)/C(C)=C\C(C)=C(/C)N(C)/C=N\C(=C)C1CC1. The molecule has 1 rings (SSSR count). The molecule has 1 saturated carbocycles. The van der Waals surface area contributed by atoms with Crippen LogP contribution in [0.5, 0.6) is 0 Å². The van der Waals surface area contributed by atoms with E-state index in [2.05, 4.69) is 44.5 Å². The molecule has 0 aromatic heterocycles. The van der Waals surface area contributed by atoms with Gasteiger partial charge < -0.3 is 0 Å². The van der Waals surface area contributed by atoms with Crippen molar-refractivity contribution in [3.63, 3.8) is 0 Å². The first kappa shape index (κ1) is 16.4. The molecule has 0 aliphatic heterocycles. The molecule has 0 atom stereocenters. The Hall–Kier alpha value is -1.64. The van der Waals surface area contributed by atoms with Gasteiger partial charge in [0, 0.05) is 0 Å². The van der Waals surface area contributed by atoms with Crippen LogP contribution in [0.4, 0.5) is 0 Å². The van der Waals surface area contributed by atoms with Crippen molar-refractivity contribution in [3.05, 3.63) is 47.2 Å². The zero-order chi connectivity index (χ0) is 15.3. The Kier molecular flexibility index (Phi) is 5.93. The Morgan fingerprint density at radius 1 is 1.25 bits per heavy atom. The summed E-state index contributed by atoms with van der Waals surface area (Å²) in [5, 5.41) is 0. The fraction of sp³-hybridized carbons (Fsp3) is 0.412. The number of nitrogens with zero attached hydrogens (tertiary/aromatic N) is 2. The van der Waals surface area contributed by atoms with Gasteiger partial charge >= 0.3 is 123 Å². The second-order valence-electron chi connectivity index (χ2n) is 5.45. The van der Waals surface area contributed by atoms with Crippen LogP contribution >= 0.6 is 0 Å². The van der Waals surface area contributed by atoms with Gasteiger partial charge in [0.15, 0.2) is 0 Å². The summed E-state index contributed by atoms with van der Waals surface area (Å²) in [5.74, 6) is 0.614. The first-order valence-corrected chi connectivity index (χ1v) is 7.00. The molecule has 0 heterocycles. The quantitative estimate of drug-likeness (QED) is 0.297. The molecule has 0 N–H and O–H groups in total. The van der Waals surface area contributed by atoms with Gasteiger partial charge in [-0.25, -0.2) is 0 Å². The molecule has 0 amide bonds. The molecule has 0 bridgehead atoms. The van der Waals surface area contributed by atoms with Crippen molar-refractivity contribution in [2.75, 3.05) is 7.05 Å². The van der Waals surface area contributed by atoms with Gasteiger partial charge in [0.2, 0.25) is 0 Å². The average molecular weight is 268 g/mol. The Bertz CT molecular complexity index is 505. The number of hydrogen-bond donors (Lipinski definition) is 0. The second kappa shape index (κ2) is 7.23. The van der Waals surface area contributed by atoms with Gasteiger partial charge in [0.05, 0.1) is 0 Å². The van der Waals surface area contributed by atoms with E-state index in [9.17, 15) is 0 Å². The van der Waals surface area contributed by atoms with Crippen LogP contribution in [0.2, 0.25) is 0 Å². The summed E-state index contributed by atoms with van der Waals surface area (Å²) < 4.78 is 0. The molecule has 0 radical (unpaired) electrons. The van der Waals surface area contributed by atoms with Gasteiger partial charge in [-0.05, 0) is 0 Å². The van der Waals surface area contributed by atoms with Crippen molar-refractivity contribution in [2.45, 2.75) is 33.6 Å². The molecule has 0 aromatic rings. The first-order chi connectivity index (χ1) is 9.36. The van der Waals surface area contributed by atoms with Crippen molar-refractivity contribution in [1.29, 1.82) is 0 Å². The first-order valence-electron chi connectivity index (χ1n) is 7.00. The molecule has 106 valence electrons. The third kappa shape index (κ3) is 4.80.